The third-order valence-electron chi connectivity index (χ3n) is 4.99. The van der Waals surface area contributed by atoms with Gasteiger partial charge in [0, 0.05) is 55.0 Å². The van der Waals surface area contributed by atoms with E-state index in [9.17, 15) is 13.6 Å². The number of hydrogen-bond donors (Lipinski definition) is 1. The van der Waals surface area contributed by atoms with Crippen LogP contribution >= 0.6 is 0 Å². The van der Waals surface area contributed by atoms with Crippen molar-refractivity contribution in [1.29, 1.82) is 0 Å². The normalized spacial score (nSPS) is 14.9. The fourth-order valence-electron chi connectivity index (χ4n) is 3.48. The summed E-state index contributed by atoms with van der Waals surface area (Å²) in [6.07, 6.45) is 1.14. The highest BCUT2D eigenvalue weighted by molar-refractivity contribution is 5.89. The highest BCUT2D eigenvalue weighted by Gasteiger charge is 2.23. The summed E-state index contributed by atoms with van der Waals surface area (Å²) in [5, 5.41) is 1.07. The van der Waals surface area contributed by atoms with E-state index in [1.165, 1.54) is 18.3 Å². The minimum absolute atomic E-state index is 0.0298. The summed E-state index contributed by atoms with van der Waals surface area (Å²) in [6, 6.07) is 10.7. The fraction of sp³-hybridized carbons (Fsp3) is 0.300. The van der Waals surface area contributed by atoms with Crippen LogP contribution in [0.1, 0.15) is 17.6 Å². The maximum Gasteiger partial charge on any atom is 0.264 e. The van der Waals surface area contributed by atoms with Crippen molar-refractivity contribution in [2.75, 3.05) is 31.1 Å². The van der Waals surface area contributed by atoms with Crippen molar-refractivity contribution in [2.24, 2.45) is 0 Å². The number of alkyl halides is 2. The number of fused-ring (bicyclic) bond motifs is 1. The van der Waals surface area contributed by atoms with Gasteiger partial charge in [-0.15, -0.1) is 0 Å². The van der Waals surface area contributed by atoms with Gasteiger partial charge in [0.15, 0.2) is 0 Å². The molecule has 1 fully saturated rings. The molecule has 5 nitrogen and oxygen atoms in total. The van der Waals surface area contributed by atoms with Gasteiger partial charge in [0.2, 0.25) is 5.91 Å². The standard InChI is InChI=1S/C20H20F2N4O/c21-20(22)14-5-6-23-18(11-14)25-7-9-26(10-8-25)19(27)12-15-13-24-17-4-2-1-3-16(15)17/h1-6,11,13,20,24H,7-10,12H2. The molecule has 3 heterocycles. The van der Waals surface area contributed by atoms with Gasteiger partial charge in [-0.25, -0.2) is 13.8 Å². The van der Waals surface area contributed by atoms with E-state index in [4.69, 9.17) is 0 Å². The molecule has 4 rings (SSSR count). The SMILES string of the molecule is O=C(Cc1c[nH]c2ccccc12)N1CCN(c2cc(C(F)F)ccn2)CC1. The van der Waals surface area contributed by atoms with E-state index >= 15 is 0 Å². The lowest BCUT2D eigenvalue weighted by Crippen LogP contribution is -2.49. The van der Waals surface area contributed by atoms with Crippen LogP contribution < -0.4 is 4.90 Å². The largest absolute Gasteiger partial charge is 0.361 e. The average molecular weight is 370 g/mol. The lowest BCUT2D eigenvalue weighted by Gasteiger charge is -2.35. The number of hydrogen-bond acceptors (Lipinski definition) is 3. The number of rotatable bonds is 4. The van der Waals surface area contributed by atoms with E-state index in [-0.39, 0.29) is 11.5 Å². The summed E-state index contributed by atoms with van der Waals surface area (Å²) >= 11 is 0. The van der Waals surface area contributed by atoms with Crippen LogP contribution in [-0.2, 0) is 11.2 Å². The topological polar surface area (TPSA) is 52.2 Å². The zero-order valence-electron chi connectivity index (χ0n) is 14.7. The van der Waals surface area contributed by atoms with E-state index in [1.807, 2.05) is 40.3 Å². The lowest BCUT2D eigenvalue weighted by molar-refractivity contribution is -0.130. The zero-order valence-corrected chi connectivity index (χ0v) is 14.7. The molecule has 1 aliphatic rings. The molecule has 0 spiro atoms. The highest BCUT2D eigenvalue weighted by Crippen LogP contribution is 2.23. The van der Waals surface area contributed by atoms with Gasteiger partial charge in [-0.05, 0) is 23.8 Å². The molecule has 1 N–H and O–H groups in total. The van der Waals surface area contributed by atoms with Crippen LogP contribution in [0.2, 0.25) is 0 Å². The fourth-order valence-corrected chi connectivity index (χ4v) is 3.48. The Hall–Kier alpha value is -2.96. The van der Waals surface area contributed by atoms with Crippen LogP contribution in [0.3, 0.4) is 0 Å². The monoisotopic (exact) mass is 370 g/mol. The van der Waals surface area contributed by atoms with Crippen LogP contribution in [0.15, 0.2) is 48.8 Å². The van der Waals surface area contributed by atoms with Gasteiger partial charge in [-0.1, -0.05) is 18.2 Å². The minimum atomic E-state index is -2.51. The first kappa shape index (κ1) is 17.5. The zero-order chi connectivity index (χ0) is 18.8. The molecule has 1 saturated heterocycles. The van der Waals surface area contributed by atoms with Crippen LogP contribution in [-0.4, -0.2) is 47.0 Å². The Morgan fingerprint density at radius 1 is 1.15 bits per heavy atom. The molecule has 2 aromatic heterocycles. The number of H-pyrrole nitrogens is 1. The van der Waals surface area contributed by atoms with Gasteiger partial charge in [-0.2, -0.15) is 0 Å². The van der Waals surface area contributed by atoms with E-state index in [0.717, 1.165) is 16.5 Å². The molecule has 0 radical (unpaired) electrons. The third-order valence-corrected chi connectivity index (χ3v) is 4.99. The quantitative estimate of drug-likeness (QED) is 0.766. The van der Waals surface area contributed by atoms with Crippen molar-refractivity contribution in [3.63, 3.8) is 0 Å². The molecule has 3 aromatic rings. The number of para-hydroxylation sites is 1. The first-order valence-corrected chi connectivity index (χ1v) is 8.93. The molecule has 0 unspecified atom stereocenters. The van der Waals surface area contributed by atoms with Crippen molar-refractivity contribution in [2.45, 2.75) is 12.8 Å². The first-order chi connectivity index (χ1) is 13.1. The molecular weight excluding hydrogens is 350 g/mol. The Morgan fingerprint density at radius 3 is 2.70 bits per heavy atom. The van der Waals surface area contributed by atoms with Crippen LogP contribution in [0.25, 0.3) is 10.9 Å². The summed E-state index contributed by atoms with van der Waals surface area (Å²) < 4.78 is 25.7. The Bertz CT molecular complexity index is 948. The van der Waals surface area contributed by atoms with Gasteiger partial charge in [0.25, 0.3) is 6.43 Å². The van der Waals surface area contributed by atoms with Gasteiger partial charge in [-0.3, -0.25) is 4.79 Å². The summed E-state index contributed by atoms with van der Waals surface area (Å²) in [5.41, 5.74) is 1.98. The number of benzene rings is 1. The van der Waals surface area contributed by atoms with Gasteiger partial charge < -0.3 is 14.8 Å². The Balaban J connectivity index is 1.39. The Morgan fingerprint density at radius 2 is 1.93 bits per heavy atom. The molecule has 1 aromatic carbocycles. The smallest absolute Gasteiger partial charge is 0.264 e. The van der Waals surface area contributed by atoms with E-state index in [1.54, 1.807) is 0 Å². The number of halogens is 2. The number of aromatic amines is 1. The molecule has 0 bridgehead atoms. The number of carbonyl (C=O) groups excluding carboxylic acids is 1. The number of aromatic nitrogens is 2. The lowest BCUT2D eigenvalue weighted by atomic mass is 10.1. The second-order valence-corrected chi connectivity index (χ2v) is 6.65. The number of carbonyl (C=O) groups is 1. The molecule has 1 amide bonds. The first-order valence-electron chi connectivity index (χ1n) is 8.93. The predicted molar refractivity (Wildman–Crippen MR) is 100.0 cm³/mol. The molecule has 0 aliphatic carbocycles. The summed E-state index contributed by atoms with van der Waals surface area (Å²) in [6.45, 7) is 2.28. The number of anilines is 1. The van der Waals surface area contributed by atoms with Gasteiger partial charge in [0.1, 0.15) is 5.82 Å². The number of nitrogens with one attached hydrogen (secondary N) is 1. The van der Waals surface area contributed by atoms with E-state index in [0.29, 0.717) is 38.4 Å². The molecule has 0 atom stereocenters. The van der Waals surface area contributed by atoms with Crippen LogP contribution in [0.5, 0.6) is 0 Å². The Kier molecular flexibility index (Phi) is 4.75. The van der Waals surface area contributed by atoms with Gasteiger partial charge in [0.05, 0.1) is 6.42 Å². The third kappa shape index (κ3) is 3.63. The van der Waals surface area contributed by atoms with E-state index < -0.39 is 6.43 Å². The maximum atomic E-state index is 12.9. The molecule has 140 valence electrons. The predicted octanol–water partition coefficient (Wildman–Crippen LogP) is 3.39. The number of pyridine rings is 1. The minimum Gasteiger partial charge on any atom is -0.361 e. The average Bonchev–Trinajstić information content (AvgIpc) is 3.11. The molecular formula is C20H20F2N4O. The number of amides is 1. The van der Waals surface area contributed by atoms with E-state index in [2.05, 4.69) is 9.97 Å². The van der Waals surface area contributed by atoms with Crippen LogP contribution in [0.4, 0.5) is 14.6 Å². The van der Waals surface area contributed by atoms with Crippen molar-refractivity contribution in [1.82, 2.24) is 14.9 Å². The molecule has 27 heavy (non-hydrogen) atoms. The summed E-state index contributed by atoms with van der Waals surface area (Å²) in [7, 11) is 0. The highest BCUT2D eigenvalue weighted by atomic mass is 19.3. The second-order valence-electron chi connectivity index (χ2n) is 6.65. The van der Waals surface area contributed by atoms with Crippen molar-refractivity contribution < 1.29 is 13.6 Å². The van der Waals surface area contributed by atoms with Crippen LogP contribution in [0, 0.1) is 0 Å². The maximum absolute atomic E-state index is 12.9. The summed E-state index contributed by atoms with van der Waals surface area (Å²) in [5.74, 6) is 0.616. The van der Waals surface area contributed by atoms with Crippen molar-refractivity contribution >= 4 is 22.6 Å². The second kappa shape index (κ2) is 7.34. The molecule has 1 aliphatic heterocycles. The molecule has 7 heteroatoms. The summed E-state index contributed by atoms with van der Waals surface area (Å²) in [4.78, 5) is 23.8. The number of piperazine rings is 1. The Labute approximate surface area is 155 Å². The van der Waals surface area contributed by atoms with Crippen molar-refractivity contribution in [3.8, 4) is 0 Å². The van der Waals surface area contributed by atoms with Crippen molar-refractivity contribution in [3.05, 3.63) is 59.9 Å². The number of nitrogens with zero attached hydrogens (tertiary/aromatic N) is 3. The molecule has 0 saturated carbocycles. The van der Waals surface area contributed by atoms with Gasteiger partial charge >= 0.3 is 0 Å².